The molecule has 3 rings (SSSR count). The highest BCUT2D eigenvalue weighted by atomic mass is 35.5. The molecule has 0 fully saturated rings. The zero-order valence-electron chi connectivity index (χ0n) is 11.1. The molecule has 0 atom stereocenters. The standard InChI is InChI=1S/C15H11ClN2O3/c1-21-11-4-2-3-9(7-11)14-17-13(16)12-6-5-10(15(19)20)8-18(12)14/h2-8H,1H3,(H,19,20). The van der Waals surface area contributed by atoms with Crippen LogP contribution in [0.2, 0.25) is 5.15 Å². The number of methoxy groups -OCH3 is 1. The molecule has 0 spiro atoms. The topological polar surface area (TPSA) is 63.8 Å². The van der Waals surface area contributed by atoms with Gasteiger partial charge >= 0.3 is 5.97 Å². The maximum Gasteiger partial charge on any atom is 0.337 e. The number of aromatic carboxylic acids is 1. The Labute approximate surface area is 125 Å². The summed E-state index contributed by atoms with van der Waals surface area (Å²) in [5.74, 6) is 0.255. The van der Waals surface area contributed by atoms with Crippen molar-refractivity contribution >= 4 is 23.1 Å². The maximum absolute atomic E-state index is 11.1. The molecule has 1 N–H and O–H groups in total. The van der Waals surface area contributed by atoms with Gasteiger partial charge in [0.15, 0.2) is 5.15 Å². The highest BCUT2D eigenvalue weighted by Crippen LogP contribution is 2.28. The molecule has 0 unspecified atom stereocenters. The van der Waals surface area contributed by atoms with Gasteiger partial charge in [0.25, 0.3) is 0 Å². The summed E-state index contributed by atoms with van der Waals surface area (Å²) >= 11 is 6.12. The number of hydrogen-bond donors (Lipinski definition) is 1. The number of carboxylic acid groups (broad SMARTS) is 1. The number of hydrogen-bond acceptors (Lipinski definition) is 3. The molecule has 2 heterocycles. The van der Waals surface area contributed by atoms with E-state index in [1.165, 1.54) is 12.3 Å². The molecule has 0 aliphatic heterocycles. The Hall–Kier alpha value is -2.53. The number of pyridine rings is 1. The van der Waals surface area contributed by atoms with Crippen LogP contribution >= 0.6 is 11.6 Å². The Morgan fingerprint density at radius 1 is 1.33 bits per heavy atom. The Bertz CT molecular complexity index is 842. The Kier molecular flexibility index (Phi) is 3.27. The summed E-state index contributed by atoms with van der Waals surface area (Å²) in [6, 6.07) is 10.5. The van der Waals surface area contributed by atoms with E-state index >= 15 is 0 Å². The molecule has 2 aromatic heterocycles. The van der Waals surface area contributed by atoms with E-state index in [1.54, 1.807) is 17.6 Å². The number of imidazole rings is 1. The first-order chi connectivity index (χ1) is 10.1. The van der Waals surface area contributed by atoms with Crippen molar-refractivity contribution in [2.75, 3.05) is 7.11 Å². The predicted molar refractivity (Wildman–Crippen MR) is 79.1 cm³/mol. The fraction of sp³-hybridized carbons (Fsp3) is 0.0667. The van der Waals surface area contributed by atoms with E-state index in [9.17, 15) is 4.79 Å². The van der Waals surface area contributed by atoms with Crippen LogP contribution in [-0.4, -0.2) is 27.6 Å². The van der Waals surface area contributed by atoms with E-state index in [0.717, 1.165) is 5.56 Å². The minimum Gasteiger partial charge on any atom is -0.497 e. The lowest BCUT2D eigenvalue weighted by atomic mass is 10.2. The molecular formula is C15H11ClN2O3. The van der Waals surface area contributed by atoms with Gasteiger partial charge in [0.2, 0.25) is 0 Å². The number of nitrogens with zero attached hydrogens (tertiary/aromatic N) is 2. The second-order valence-electron chi connectivity index (χ2n) is 4.44. The van der Waals surface area contributed by atoms with E-state index in [1.807, 2.05) is 24.3 Å². The molecule has 0 radical (unpaired) electrons. The van der Waals surface area contributed by atoms with Crippen molar-refractivity contribution in [3.63, 3.8) is 0 Å². The van der Waals surface area contributed by atoms with Crippen molar-refractivity contribution in [3.05, 3.63) is 53.3 Å². The third-order valence-corrected chi connectivity index (χ3v) is 3.45. The normalized spacial score (nSPS) is 10.8. The highest BCUT2D eigenvalue weighted by Gasteiger charge is 2.14. The fourth-order valence-corrected chi connectivity index (χ4v) is 2.37. The largest absolute Gasteiger partial charge is 0.497 e. The van der Waals surface area contributed by atoms with E-state index in [4.69, 9.17) is 21.4 Å². The van der Waals surface area contributed by atoms with Crippen LogP contribution in [0, 0.1) is 0 Å². The lowest BCUT2D eigenvalue weighted by Gasteiger charge is -2.05. The zero-order valence-corrected chi connectivity index (χ0v) is 11.8. The Morgan fingerprint density at radius 3 is 2.86 bits per heavy atom. The molecule has 0 bridgehead atoms. The lowest BCUT2D eigenvalue weighted by Crippen LogP contribution is -1.99. The highest BCUT2D eigenvalue weighted by molar-refractivity contribution is 6.33. The summed E-state index contributed by atoms with van der Waals surface area (Å²) in [7, 11) is 1.58. The van der Waals surface area contributed by atoms with Gasteiger partial charge in [-0.3, -0.25) is 4.40 Å². The first-order valence-electron chi connectivity index (χ1n) is 6.15. The van der Waals surface area contributed by atoms with E-state index in [0.29, 0.717) is 22.2 Å². The van der Waals surface area contributed by atoms with Crippen LogP contribution in [0.25, 0.3) is 16.9 Å². The van der Waals surface area contributed by atoms with Crippen molar-refractivity contribution < 1.29 is 14.6 Å². The van der Waals surface area contributed by atoms with Crippen LogP contribution in [0.4, 0.5) is 0 Å². The quantitative estimate of drug-likeness (QED) is 0.805. The third kappa shape index (κ3) is 2.32. The number of benzene rings is 1. The number of fused-ring (bicyclic) bond motifs is 1. The summed E-state index contributed by atoms with van der Waals surface area (Å²) in [6.07, 6.45) is 1.51. The molecule has 0 saturated carbocycles. The summed E-state index contributed by atoms with van der Waals surface area (Å²) in [6.45, 7) is 0. The van der Waals surface area contributed by atoms with Crippen molar-refractivity contribution in [2.45, 2.75) is 0 Å². The molecule has 0 saturated heterocycles. The van der Waals surface area contributed by atoms with Gasteiger partial charge in [-0.15, -0.1) is 0 Å². The molecule has 5 nitrogen and oxygen atoms in total. The first-order valence-corrected chi connectivity index (χ1v) is 6.53. The van der Waals surface area contributed by atoms with Crippen molar-refractivity contribution in [1.29, 1.82) is 0 Å². The van der Waals surface area contributed by atoms with Gasteiger partial charge in [0, 0.05) is 11.8 Å². The summed E-state index contributed by atoms with van der Waals surface area (Å²) in [4.78, 5) is 15.4. The van der Waals surface area contributed by atoms with E-state index in [2.05, 4.69) is 4.98 Å². The number of halogens is 1. The fourth-order valence-electron chi connectivity index (χ4n) is 2.14. The summed E-state index contributed by atoms with van der Waals surface area (Å²) in [5.41, 5.74) is 1.61. The second-order valence-corrected chi connectivity index (χ2v) is 4.79. The SMILES string of the molecule is COc1cccc(-c2nc(Cl)c3ccc(C(=O)O)cn23)c1. The van der Waals surface area contributed by atoms with Crippen LogP contribution in [-0.2, 0) is 0 Å². The smallest absolute Gasteiger partial charge is 0.337 e. The molecule has 21 heavy (non-hydrogen) atoms. The molecule has 0 amide bonds. The van der Waals surface area contributed by atoms with Gasteiger partial charge in [-0.2, -0.15) is 0 Å². The minimum absolute atomic E-state index is 0.167. The van der Waals surface area contributed by atoms with Gasteiger partial charge in [-0.05, 0) is 24.3 Å². The molecule has 0 aliphatic rings. The first kappa shape index (κ1) is 13.5. The van der Waals surface area contributed by atoms with Crippen molar-refractivity contribution in [2.24, 2.45) is 0 Å². The number of ether oxygens (including phenoxy) is 1. The number of rotatable bonds is 3. The average molecular weight is 303 g/mol. The van der Waals surface area contributed by atoms with Gasteiger partial charge in [-0.25, -0.2) is 9.78 Å². The Morgan fingerprint density at radius 2 is 2.14 bits per heavy atom. The third-order valence-electron chi connectivity index (χ3n) is 3.17. The number of carbonyl (C=O) groups is 1. The monoisotopic (exact) mass is 302 g/mol. The molecule has 6 heteroatoms. The minimum atomic E-state index is -1.00. The molecular weight excluding hydrogens is 292 g/mol. The predicted octanol–water partition coefficient (Wildman–Crippen LogP) is 3.36. The van der Waals surface area contributed by atoms with Crippen LogP contribution in [0.3, 0.4) is 0 Å². The number of aromatic nitrogens is 2. The van der Waals surface area contributed by atoms with Crippen molar-refractivity contribution in [1.82, 2.24) is 9.38 Å². The van der Waals surface area contributed by atoms with Crippen LogP contribution in [0.1, 0.15) is 10.4 Å². The summed E-state index contributed by atoms with van der Waals surface area (Å²) < 4.78 is 6.86. The van der Waals surface area contributed by atoms with Crippen LogP contribution in [0.5, 0.6) is 5.75 Å². The van der Waals surface area contributed by atoms with Crippen LogP contribution < -0.4 is 4.74 Å². The van der Waals surface area contributed by atoms with Crippen molar-refractivity contribution in [3.8, 4) is 17.1 Å². The average Bonchev–Trinajstić information content (AvgIpc) is 2.84. The maximum atomic E-state index is 11.1. The molecule has 1 aromatic carbocycles. The number of carboxylic acids is 1. The zero-order chi connectivity index (χ0) is 15.0. The molecule has 0 aliphatic carbocycles. The van der Waals surface area contributed by atoms with Gasteiger partial charge in [0.1, 0.15) is 11.6 Å². The van der Waals surface area contributed by atoms with E-state index in [-0.39, 0.29) is 5.56 Å². The van der Waals surface area contributed by atoms with E-state index < -0.39 is 5.97 Å². The van der Waals surface area contributed by atoms with Gasteiger partial charge < -0.3 is 9.84 Å². The van der Waals surface area contributed by atoms with Gasteiger partial charge in [0.05, 0.1) is 18.2 Å². The lowest BCUT2D eigenvalue weighted by molar-refractivity contribution is 0.0696. The van der Waals surface area contributed by atoms with Crippen LogP contribution in [0.15, 0.2) is 42.6 Å². The Balaban J connectivity index is 2.26. The molecule has 106 valence electrons. The summed E-state index contributed by atoms with van der Waals surface area (Å²) in [5, 5.41) is 9.43. The van der Waals surface area contributed by atoms with Gasteiger partial charge in [-0.1, -0.05) is 23.7 Å². The second kappa shape index (κ2) is 5.10. The molecule has 3 aromatic rings.